The molecule has 1 saturated heterocycles. The Balaban J connectivity index is 2.23. The summed E-state index contributed by atoms with van der Waals surface area (Å²) in [5.41, 5.74) is -0.0494. The highest BCUT2D eigenvalue weighted by Gasteiger charge is 2.33. The smallest absolute Gasteiger partial charge is 0.326 e. The first kappa shape index (κ1) is 13.3. The van der Waals surface area contributed by atoms with E-state index >= 15 is 0 Å². The first-order valence-corrected chi connectivity index (χ1v) is 6.61. The molecule has 1 aliphatic rings. The van der Waals surface area contributed by atoms with Crippen molar-refractivity contribution in [2.24, 2.45) is 0 Å². The molecule has 1 aromatic heterocycles. The molecule has 1 aliphatic heterocycles. The van der Waals surface area contributed by atoms with Crippen LogP contribution in [-0.2, 0) is 4.79 Å². The van der Waals surface area contributed by atoms with E-state index in [-0.39, 0.29) is 5.69 Å². The van der Waals surface area contributed by atoms with Crippen LogP contribution in [0.15, 0.2) is 30.5 Å². The molecule has 1 atom stereocenters. The molecule has 1 fully saturated rings. The largest absolute Gasteiger partial charge is 0.480 e. The zero-order valence-corrected chi connectivity index (χ0v) is 11.1. The minimum absolute atomic E-state index is 0.0494. The van der Waals surface area contributed by atoms with Gasteiger partial charge in [0.2, 0.25) is 0 Å². The zero-order valence-electron chi connectivity index (χ0n) is 11.1. The van der Waals surface area contributed by atoms with Crippen LogP contribution in [0.3, 0.4) is 0 Å². The van der Waals surface area contributed by atoms with Gasteiger partial charge in [0.1, 0.15) is 17.2 Å². The summed E-state index contributed by atoms with van der Waals surface area (Å²) < 4.78 is 0. The Hall–Kier alpha value is -2.70. The van der Waals surface area contributed by atoms with Gasteiger partial charge in [-0.3, -0.25) is 10.1 Å². The molecule has 7 heteroatoms. The molecule has 0 aliphatic carbocycles. The number of carboxylic acids is 1. The minimum Gasteiger partial charge on any atom is -0.480 e. The van der Waals surface area contributed by atoms with Gasteiger partial charge in [-0.25, -0.2) is 9.78 Å². The van der Waals surface area contributed by atoms with Crippen molar-refractivity contribution in [2.45, 2.75) is 18.9 Å². The van der Waals surface area contributed by atoms with Crippen LogP contribution in [0.2, 0.25) is 0 Å². The average molecular weight is 287 g/mol. The van der Waals surface area contributed by atoms with Crippen LogP contribution in [0.25, 0.3) is 10.8 Å². The lowest BCUT2D eigenvalue weighted by molar-refractivity contribution is -0.383. The summed E-state index contributed by atoms with van der Waals surface area (Å²) in [5, 5.41) is 21.6. The fraction of sp³-hybridized carbons (Fsp3) is 0.286. The number of aromatic nitrogens is 1. The second-order valence-electron chi connectivity index (χ2n) is 4.96. The topological polar surface area (TPSA) is 96.6 Å². The maximum absolute atomic E-state index is 11.3. The molecule has 0 amide bonds. The number of benzene rings is 1. The van der Waals surface area contributed by atoms with Crippen molar-refractivity contribution in [3.63, 3.8) is 0 Å². The third-order valence-corrected chi connectivity index (χ3v) is 3.76. The summed E-state index contributed by atoms with van der Waals surface area (Å²) in [6.07, 6.45) is 2.81. The number of nitro benzene ring substituents is 1. The standard InChI is InChI=1S/C14H13N3O4/c18-14(19)11-5-2-8-16(11)13-12-9(6-7-15-13)3-1-4-10(12)17(20)21/h1,3-4,6-7,11H,2,5,8H2,(H,18,19). The lowest BCUT2D eigenvalue weighted by Crippen LogP contribution is -2.36. The number of nitrogens with zero attached hydrogens (tertiary/aromatic N) is 3. The van der Waals surface area contributed by atoms with E-state index in [0.717, 1.165) is 6.42 Å². The lowest BCUT2D eigenvalue weighted by atomic mass is 10.1. The number of hydrogen-bond acceptors (Lipinski definition) is 5. The Morgan fingerprint density at radius 1 is 1.43 bits per heavy atom. The van der Waals surface area contributed by atoms with Gasteiger partial charge in [0, 0.05) is 18.8 Å². The fourth-order valence-corrected chi connectivity index (χ4v) is 2.84. The zero-order chi connectivity index (χ0) is 15.0. The average Bonchev–Trinajstić information content (AvgIpc) is 2.95. The normalized spacial score (nSPS) is 18.1. The monoisotopic (exact) mass is 287 g/mol. The van der Waals surface area contributed by atoms with Crippen LogP contribution in [-0.4, -0.2) is 33.6 Å². The molecule has 1 aromatic carbocycles. The number of hydrogen-bond donors (Lipinski definition) is 1. The molecule has 21 heavy (non-hydrogen) atoms. The Morgan fingerprint density at radius 2 is 2.24 bits per heavy atom. The molecular formula is C14H13N3O4. The molecule has 2 heterocycles. The Kier molecular flexibility index (Phi) is 3.17. The lowest BCUT2D eigenvalue weighted by Gasteiger charge is -2.23. The third-order valence-electron chi connectivity index (χ3n) is 3.76. The number of pyridine rings is 1. The quantitative estimate of drug-likeness (QED) is 0.686. The summed E-state index contributed by atoms with van der Waals surface area (Å²) in [6.45, 7) is 0.537. The van der Waals surface area contributed by atoms with Gasteiger partial charge in [-0.1, -0.05) is 12.1 Å². The van der Waals surface area contributed by atoms with E-state index < -0.39 is 16.9 Å². The second kappa shape index (κ2) is 5.01. The number of aliphatic carboxylic acids is 1. The molecule has 0 radical (unpaired) electrons. The van der Waals surface area contributed by atoms with Gasteiger partial charge in [-0.15, -0.1) is 0 Å². The number of anilines is 1. The molecule has 7 nitrogen and oxygen atoms in total. The maximum Gasteiger partial charge on any atom is 0.326 e. The molecule has 0 spiro atoms. The Morgan fingerprint density at radius 3 is 2.95 bits per heavy atom. The van der Waals surface area contributed by atoms with Crippen LogP contribution in [0, 0.1) is 10.1 Å². The van der Waals surface area contributed by atoms with Crippen molar-refractivity contribution in [1.82, 2.24) is 4.98 Å². The number of non-ortho nitro benzene ring substituents is 1. The first-order valence-electron chi connectivity index (χ1n) is 6.61. The number of rotatable bonds is 3. The molecule has 108 valence electrons. The van der Waals surface area contributed by atoms with Gasteiger partial charge in [0.25, 0.3) is 5.69 Å². The van der Waals surface area contributed by atoms with Crippen molar-refractivity contribution < 1.29 is 14.8 Å². The van der Waals surface area contributed by atoms with E-state index in [2.05, 4.69) is 4.98 Å². The maximum atomic E-state index is 11.3. The van der Waals surface area contributed by atoms with Crippen molar-refractivity contribution in [3.8, 4) is 0 Å². The summed E-state index contributed by atoms with van der Waals surface area (Å²) in [5.74, 6) is -0.547. The van der Waals surface area contributed by atoms with Gasteiger partial charge in [0.05, 0.1) is 4.92 Å². The van der Waals surface area contributed by atoms with Crippen LogP contribution >= 0.6 is 0 Å². The highest BCUT2D eigenvalue weighted by molar-refractivity contribution is 6.00. The van der Waals surface area contributed by atoms with E-state index in [1.54, 1.807) is 29.3 Å². The predicted octanol–water partition coefficient (Wildman–Crippen LogP) is 2.20. The number of carbonyl (C=O) groups is 1. The van der Waals surface area contributed by atoms with E-state index in [1.165, 1.54) is 6.07 Å². The van der Waals surface area contributed by atoms with Crippen LogP contribution < -0.4 is 4.90 Å². The predicted molar refractivity (Wildman–Crippen MR) is 76.4 cm³/mol. The molecule has 0 saturated carbocycles. The summed E-state index contributed by atoms with van der Waals surface area (Å²) in [6, 6.07) is 5.81. The van der Waals surface area contributed by atoms with Gasteiger partial charge in [0.15, 0.2) is 0 Å². The fourth-order valence-electron chi connectivity index (χ4n) is 2.84. The van der Waals surface area contributed by atoms with Crippen LogP contribution in [0.4, 0.5) is 11.5 Å². The number of carboxylic acid groups (broad SMARTS) is 1. The molecule has 3 rings (SSSR count). The van der Waals surface area contributed by atoms with Crippen molar-refractivity contribution in [3.05, 3.63) is 40.6 Å². The van der Waals surface area contributed by atoms with E-state index in [4.69, 9.17) is 0 Å². The van der Waals surface area contributed by atoms with Gasteiger partial charge in [-0.05, 0) is 24.3 Å². The molecule has 1 unspecified atom stereocenters. The van der Waals surface area contributed by atoms with Gasteiger partial charge in [-0.2, -0.15) is 0 Å². The summed E-state index contributed by atoms with van der Waals surface area (Å²) in [4.78, 5) is 28.0. The van der Waals surface area contributed by atoms with E-state index in [1.807, 2.05) is 0 Å². The van der Waals surface area contributed by atoms with Crippen molar-refractivity contribution >= 4 is 28.2 Å². The molecule has 2 aromatic rings. The number of fused-ring (bicyclic) bond motifs is 1. The van der Waals surface area contributed by atoms with Gasteiger partial charge < -0.3 is 10.0 Å². The van der Waals surface area contributed by atoms with E-state index in [9.17, 15) is 20.0 Å². The van der Waals surface area contributed by atoms with E-state index in [0.29, 0.717) is 29.6 Å². The highest BCUT2D eigenvalue weighted by atomic mass is 16.6. The second-order valence-corrected chi connectivity index (χ2v) is 4.96. The van der Waals surface area contributed by atoms with Crippen molar-refractivity contribution in [2.75, 3.05) is 11.4 Å². The minimum atomic E-state index is -0.926. The summed E-state index contributed by atoms with van der Waals surface area (Å²) >= 11 is 0. The first-order chi connectivity index (χ1) is 10.1. The molecular weight excluding hydrogens is 274 g/mol. The molecule has 1 N–H and O–H groups in total. The Labute approximate surface area is 120 Å². The van der Waals surface area contributed by atoms with Crippen molar-refractivity contribution in [1.29, 1.82) is 0 Å². The molecule has 0 bridgehead atoms. The van der Waals surface area contributed by atoms with Crippen LogP contribution in [0.1, 0.15) is 12.8 Å². The number of nitro groups is 1. The summed E-state index contributed by atoms with van der Waals surface area (Å²) in [7, 11) is 0. The third kappa shape index (κ3) is 2.16. The Bertz CT molecular complexity index is 726. The highest BCUT2D eigenvalue weighted by Crippen LogP contribution is 2.35. The van der Waals surface area contributed by atoms with Gasteiger partial charge >= 0.3 is 5.97 Å². The SMILES string of the molecule is O=C(O)C1CCCN1c1nccc2cccc([N+](=O)[O-])c12. The van der Waals surface area contributed by atoms with Crippen LogP contribution in [0.5, 0.6) is 0 Å².